The van der Waals surface area contributed by atoms with Crippen LogP contribution in [0.3, 0.4) is 0 Å². The van der Waals surface area contributed by atoms with Crippen molar-refractivity contribution in [1.29, 1.82) is 0 Å². The molecular weight excluding hydrogens is 482 g/mol. The first kappa shape index (κ1) is 24.5. The summed E-state index contributed by atoms with van der Waals surface area (Å²) in [5.41, 5.74) is 1.00. The summed E-state index contributed by atoms with van der Waals surface area (Å²) in [6, 6.07) is 4.63. The third-order valence-corrected chi connectivity index (χ3v) is 6.69. The number of aromatic nitrogens is 2. The summed E-state index contributed by atoms with van der Waals surface area (Å²) >= 11 is 13.0. The molecule has 4 rings (SSSR count). The lowest BCUT2D eigenvalue weighted by atomic mass is 10.0. The molecule has 1 aliphatic carbocycles. The van der Waals surface area contributed by atoms with Crippen molar-refractivity contribution in [2.45, 2.75) is 37.6 Å². The monoisotopic (exact) mass is 506 g/mol. The number of rotatable bonds is 8. The molecule has 10 heteroatoms. The third-order valence-electron chi connectivity index (χ3n) is 5.94. The molecule has 7 nitrogen and oxygen atoms in total. The van der Waals surface area contributed by atoms with Crippen molar-refractivity contribution >= 4 is 40.1 Å². The van der Waals surface area contributed by atoms with Gasteiger partial charge in [0.25, 0.3) is 0 Å². The summed E-state index contributed by atoms with van der Waals surface area (Å²) in [4.78, 5) is 8.77. The Morgan fingerprint density at radius 1 is 1.15 bits per heavy atom. The molecule has 34 heavy (non-hydrogen) atoms. The number of aliphatic hydroxyl groups excluding tert-OH is 1. The minimum Gasteiger partial charge on any atom is -0.495 e. The first-order valence-electron chi connectivity index (χ1n) is 10.8. The molecule has 1 heterocycles. The van der Waals surface area contributed by atoms with Gasteiger partial charge < -0.3 is 19.9 Å². The predicted molar refractivity (Wildman–Crippen MR) is 132 cm³/mol. The van der Waals surface area contributed by atoms with Crippen LogP contribution >= 0.6 is 23.2 Å². The number of anilines is 1. The molecule has 2 aromatic carbocycles. The molecule has 0 spiro atoms. The van der Waals surface area contributed by atoms with Crippen LogP contribution in [-0.2, 0) is 0 Å². The van der Waals surface area contributed by atoms with Crippen molar-refractivity contribution in [3.63, 3.8) is 0 Å². The summed E-state index contributed by atoms with van der Waals surface area (Å²) in [6.07, 6.45) is 4.93. The minimum absolute atomic E-state index is 0.00348. The predicted octanol–water partition coefficient (Wildman–Crippen LogP) is 5.19. The SMILES string of the molecule is C=CC(O)NC1CCCC1Nc1ncc2cc(-c3c(Cl)c(OC)cc(OC)c3Cl)cc(F)c2n1. The molecule has 1 aliphatic rings. The van der Waals surface area contributed by atoms with Crippen molar-refractivity contribution in [1.82, 2.24) is 15.3 Å². The van der Waals surface area contributed by atoms with E-state index in [9.17, 15) is 5.11 Å². The van der Waals surface area contributed by atoms with E-state index in [2.05, 4.69) is 27.2 Å². The highest BCUT2D eigenvalue weighted by atomic mass is 35.5. The van der Waals surface area contributed by atoms with Gasteiger partial charge in [-0.3, -0.25) is 5.32 Å². The summed E-state index contributed by atoms with van der Waals surface area (Å²) in [6.45, 7) is 3.58. The second-order valence-electron chi connectivity index (χ2n) is 8.01. The fourth-order valence-electron chi connectivity index (χ4n) is 4.24. The quantitative estimate of drug-likeness (QED) is 0.286. The number of fused-ring (bicyclic) bond motifs is 1. The van der Waals surface area contributed by atoms with Gasteiger partial charge >= 0.3 is 0 Å². The number of halogens is 3. The van der Waals surface area contributed by atoms with Gasteiger partial charge in [-0.05, 0) is 43.0 Å². The highest BCUT2D eigenvalue weighted by molar-refractivity contribution is 6.41. The Kier molecular flexibility index (Phi) is 7.42. The maximum absolute atomic E-state index is 15.2. The molecule has 0 bridgehead atoms. The lowest BCUT2D eigenvalue weighted by molar-refractivity contribution is 0.166. The van der Waals surface area contributed by atoms with E-state index in [0.717, 1.165) is 19.3 Å². The molecule has 0 radical (unpaired) electrons. The fraction of sp³-hybridized carbons (Fsp3) is 0.333. The van der Waals surface area contributed by atoms with Gasteiger partial charge in [0.1, 0.15) is 29.1 Å². The van der Waals surface area contributed by atoms with Gasteiger partial charge in [0, 0.05) is 35.3 Å². The first-order valence-corrected chi connectivity index (χ1v) is 11.5. The van der Waals surface area contributed by atoms with E-state index in [1.165, 1.54) is 26.4 Å². The minimum atomic E-state index is -0.797. The van der Waals surface area contributed by atoms with Crippen molar-refractivity contribution in [2.24, 2.45) is 0 Å². The maximum atomic E-state index is 15.2. The molecule has 3 atom stereocenters. The van der Waals surface area contributed by atoms with E-state index in [0.29, 0.717) is 34.0 Å². The van der Waals surface area contributed by atoms with Crippen LogP contribution < -0.4 is 20.1 Å². The number of nitrogens with zero attached hydrogens (tertiary/aromatic N) is 2. The van der Waals surface area contributed by atoms with Gasteiger partial charge in [0.2, 0.25) is 5.95 Å². The fourth-order valence-corrected chi connectivity index (χ4v) is 4.96. The number of ether oxygens (including phenoxy) is 2. The van der Waals surface area contributed by atoms with Crippen molar-refractivity contribution < 1.29 is 19.0 Å². The number of aliphatic hydroxyl groups is 1. The molecule has 0 aliphatic heterocycles. The largest absolute Gasteiger partial charge is 0.495 e. The Balaban J connectivity index is 1.68. The summed E-state index contributed by atoms with van der Waals surface area (Å²) in [5.74, 6) is 0.478. The number of hydrogen-bond acceptors (Lipinski definition) is 7. The van der Waals surface area contributed by atoms with Crippen molar-refractivity contribution in [3.05, 3.63) is 52.9 Å². The molecule has 1 fully saturated rings. The zero-order chi connectivity index (χ0) is 24.4. The number of methoxy groups -OCH3 is 2. The van der Waals surface area contributed by atoms with Crippen LogP contribution in [0.1, 0.15) is 19.3 Å². The zero-order valence-corrected chi connectivity index (χ0v) is 20.3. The molecule has 1 aromatic heterocycles. The van der Waals surface area contributed by atoms with Gasteiger partial charge in [0.05, 0.1) is 24.3 Å². The number of nitrogens with one attached hydrogen (secondary N) is 2. The normalized spacial score (nSPS) is 18.6. The molecule has 0 saturated heterocycles. The van der Waals surface area contributed by atoms with Crippen LogP contribution in [0.5, 0.6) is 11.5 Å². The van der Waals surface area contributed by atoms with E-state index >= 15 is 4.39 Å². The highest BCUT2D eigenvalue weighted by Crippen LogP contribution is 2.46. The van der Waals surface area contributed by atoms with E-state index in [4.69, 9.17) is 32.7 Å². The van der Waals surface area contributed by atoms with Crippen LogP contribution in [0.15, 0.2) is 37.1 Å². The lowest BCUT2D eigenvalue weighted by Crippen LogP contribution is -2.44. The van der Waals surface area contributed by atoms with Crippen molar-refractivity contribution in [2.75, 3.05) is 19.5 Å². The average Bonchev–Trinajstić information content (AvgIpc) is 3.26. The smallest absolute Gasteiger partial charge is 0.223 e. The third kappa shape index (κ3) is 4.77. The van der Waals surface area contributed by atoms with E-state index in [-0.39, 0.29) is 27.6 Å². The molecule has 180 valence electrons. The lowest BCUT2D eigenvalue weighted by Gasteiger charge is -2.24. The van der Waals surface area contributed by atoms with Gasteiger partial charge in [-0.1, -0.05) is 29.8 Å². The van der Waals surface area contributed by atoms with Gasteiger partial charge in [-0.25, -0.2) is 14.4 Å². The Hall–Kier alpha value is -2.65. The molecule has 0 amide bonds. The van der Waals surface area contributed by atoms with Crippen molar-refractivity contribution in [3.8, 4) is 22.6 Å². The number of benzene rings is 2. The maximum Gasteiger partial charge on any atom is 0.223 e. The van der Waals surface area contributed by atoms with E-state index < -0.39 is 12.0 Å². The zero-order valence-electron chi connectivity index (χ0n) is 18.7. The van der Waals surface area contributed by atoms with E-state index in [1.54, 1.807) is 18.3 Å². The van der Waals surface area contributed by atoms with Crippen LogP contribution in [-0.4, -0.2) is 47.6 Å². The van der Waals surface area contributed by atoms with E-state index in [1.807, 2.05) is 0 Å². The van der Waals surface area contributed by atoms with Crippen LogP contribution in [0.4, 0.5) is 10.3 Å². The molecular formula is C24H25Cl2FN4O3. The summed E-state index contributed by atoms with van der Waals surface area (Å²) in [5, 5.41) is 17.2. The van der Waals surface area contributed by atoms with Crippen LogP contribution in [0, 0.1) is 5.82 Å². The highest BCUT2D eigenvalue weighted by Gasteiger charge is 2.29. The Labute approximate surface area is 206 Å². The second kappa shape index (κ2) is 10.3. The Bertz CT molecular complexity index is 1200. The average molecular weight is 507 g/mol. The van der Waals surface area contributed by atoms with Gasteiger partial charge in [-0.2, -0.15) is 0 Å². The first-order chi connectivity index (χ1) is 16.4. The Morgan fingerprint density at radius 3 is 2.47 bits per heavy atom. The van der Waals surface area contributed by atoms with Crippen LogP contribution in [0.25, 0.3) is 22.0 Å². The van der Waals surface area contributed by atoms with Crippen LogP contribution in [0.2, 0.25) is 10.0 Å². The van der Waals surface area contributed by atoms with Gasteiger partial charge in [0.15, 0.2) is 0 Å². The topological polar surface area (TPSA) is 88.5 Å². The Morgan fingerprint density at radius 2 is 1.82 bits per heavy atom. The second-order valence-corrected chi connectivity index (χ2v) is 8.76. The summed E-state index contributed by atoms with van der Waals surface area (Å²) in [7, 11) is 2.95. The molecule has 3 N–H and O–H groups in total. The molecule has 3 unspecified atom stereocenters. The number of hydrogen-bond donors (Lipinski definition) is 3. The standard InChI is InChI=1S/C24H25Cl2FN4O3/c1-4-19(32)29-15-6-5-7-16(15)30-24-28-11-13-8-12(9-14(27)23(13)31-24)20-21(25)17(33-2)10-18(34-3)22(20)26/h4,8-11,15-16,19,29,32H,1,5-7H2,2-3H3,(H,28,30,31). The molecule has 3 aromatic rings. The summed E-state index contributed by atoms with van der Waals surface area (Å²) < 4.78 is 25.9. The molecule has 1 saturated carbocycles. The van der Waals surface area contributed by atoms with Gasteiger partial charge in [-0.15, -0.1) is 0 Å².